The molecule has 1 aromatic carbocycles. The first-order valence-corrected chi connectivity index (χ1v) is 8.15. The third-order valence-corrected chi connectivity index (χ3v) is 4.52. The first-order valence-electron chi connectivity index (χ1n) is 8.15. The van der Waals surface area contributed by atoms with E-state index in [-0.39, 0.29) is 24.5 Å². The molecule has 6 nitrogen and oxygen atoms in total. The van der Waals surface area contributed by atoms with Gasteiger partial charge in [0.25, 0.3) is 5.91 Å². The predicted molar refractivity (Wildman–Crippen MR) is 86.7 cm³/mol. The minimum Gasteiger partial charge on any atom is -0.396 e. The average Bonchev–Trinajstić information content (AvgIpc) is 3.03. The Balaban J connectivity index is 1.73. The van der Waals surface area contributed by atoms with Gasteiger partial charge in [0.2, 0.25) is 0 Å². The summed E-state index contributed by atoms with van der Waals surface area (Å²) in [7, 11) is 0. The van der Waals surface area contributed by atoms with Gasteiger partial charge in [-0.05, 0) is 25.0 Å². The van der Waals surface area contributed by atoms with Gasteiger partial charge in [-0.15, -0.1) is 0 Å². The Labute approximate surface area is 135 Å². The number of carbonyl (C=O) groups is 1. The summed E-state index contributed by atoms with van der Waals surface area (Å²) in [4.78, 5) is 16.7. The fraction of sp³-hybridized carbons (Fsp3) is 0.471. The molecule has 2 atom stereocenters. The summed E-state index contributed by atoms with van der Waals surface area (Å²) in [5.74, 6) is 0.693. The number of benzene rings is 1. The predicted octanol–water partition coefficient (Wildman–Crippen LogP) is 2.14. The highest BCUT2D eigenvalue weighted by Crippen LogP contribution is 2.24. The Morgan fingerprint density at radius 3 is 2.96 bits per heavy atom. The van der Waals surface area contributed by atoms with Crippen molar-refractivity contribution in [3.8, 4) is 11.4 Å². The molecule has 1 fully saturated rings. The number of aromatic nitrogens is 3. The molecule has 2 aromatic rings. The molecular formula is C17H22N4O2. The number of aliphatic hydroxyl groups is 1. The number of hydrogen-bond acceptors (Lipinski definition) is 4. The van der Waals surface area contributed by atoms with Crippen molar-refractivity contribution in [3.05, 3.63) is 36.2 Å². The number of rotatable bonds is 4. The molecule has 1 aliphatic carbocycles. The van der Waals surface area contributed by atoms with E-state index in [0.717, 1.165) is 31.2 Å². The number of carbonyl (C=O) groups excluding carboxylic acids is 1. The topological polar surface area (TPSA) is 90.9 Å². The molecule has 1 saturated carbocycles. The van der Waals surface area contributed by atoms with Gasteiger partial charge in [0.1, 0.15) is 6.33 Å². The highest BCUT2D eigenvalue weighted by molar-refractivity contribution is 5.95. The standard InChI is InChI=1S/C17H22N4O2/c22-10-14-5-2-1-3-8-15(14)20-17(23)13-7-4-6-12(9-13)16-18-11-19-21-16/h4,6-7,9,11,14-15,22H,1-3,5,8,10H2,(H,20,23)(H,18,19,21). The van der Waals surface area contributed by atoms with Gasteiger partial charge >= 0.3 is 0 Å². The normalized spacial score (nSPS) is 21.6. The van der Waals surface area contributed by atoms with Crippen molar-refractivity contribution in [2.24, 2.45) is 5.92 Å². The maximum Gasteiger partial charge on any atom is 0.251 e. The van der Waals surface area contributed by atoms with Gasteiger partial charge in [0, 0.05) is 29.7 Å². The molecule has 1 aliphatic rings. The lowest BCUT2D eigenvalue weighted by atomic mass is 9.95. The van der Waals surface area contributed by atoms with Crippen molar-refractivity contribution in [2.45, 2.75) is 38.1 Å². The lowest BCUT2D eigenvalue weighted by Gasteiger charge is -2.24. The summed E-state index contributed by atoms with van der Waals surface area (Å²) in [5, 5.41) is 19.3. The molecule has 23 heavy (non-hydrogen) atoms. The van der Waals surface area contributed by atoms with E-state index in [1.165, 1.54) is 12.7 Å². The van der Waals surface area contributed by atoms with Gasteiger partial charge < -0.3 is 10.4 Å². The number of hydrogen-bond donors (Lipinski definition) is 3. The Hall–Kier alpha value is -2.21. The third-order valence-electron chi connectivity index (χ3n) is 4.52. The summed E-state index contributed by atoms with van der Waals surface area (Å²) in [6.45, 7) is 0.128. The molecule has 3 N–H and O–H groups in total. The van der Waals surface area contributed by atoms with Gasteiger partial charge in [-0.2, -0.15) is 5.10 Å². The smallest absolute Gasteiger partial charge is 0.251 e. The lowest BCUT2D eigenvalue weighted by Crippen LogP contribution is -2.41. The van der Waals surface area contributed by atoms with Crippen LogP contribution in [0.15, 0.2) is 30.6 Å². The zero-order chi connectivity index (χ0) is 16.1. The lowest BCUT2D eigenvalue weighted by molar-refractivity contribution is 0.0899. The zero-order valence-electron chi connectivity index (χ0n) is 13.0. The van der Waals surface area contributed by atoms with E-state index in [1.54, 1.807) is 12.1 Å². The molecule has 1 amide bonds. The van der Waals surface area contributed by atoms with Crippen LogP contribution in [-0.4, -0.2) is 38.8 Å². The molecule has 1 aromatic heterocycles. The highest BCUT2D eigenvalue weighted by Gasteiger charge is 2.25. The number of amides is 1. The molecule has 6 heteroatoms. The van der Waals surface area contributed by atoms with Crippen molar-refractivity contribution in [1.29, 1.82) is 0 Å². The van der Waals surface area contributed by atoms with Gasteiger partial charge in [-0.25, -0.2) is 4.98 Å². The maximum atomic E-state index is 12.6. The largest absolute Gasteiger partial charge is 0.396 e. The van der Waals surface area contributed by atoms with Crippen molar-refractivity contribution in [3.63, 3.8) is 0 Å². The second-order valence-electron chi connectivity index (χ2n) is 6.08. The second-order valence-corrected chi connectivity index (χ2v) is 6.08. The number of nitrogens with one attached hydrogen (secondary N) is 2. The quantitative estimate of drug-likeness (QED) is 0.754. The second kappa shape index (κ2) is 7.37. The SMILES string of the molecule is O=C(NC1CCCCCC1CO)c1cccc(-c2ncn[nH]2)c1. The van der Waals surface area contributed by atoms with E-state index in [1.807, 2.05) is 12.1 Å². The molecule has 1 heterocycles. The molecule has 2 unspecified atom stereocenters. The van der Waals surface area contributed by atoms with Crippen LogP contribution in [0.3, 0.4) is 0 Å². The van der Waals surface area contributed by atoms with Crippen LogP contribution < -0.4 is 5.32 Å². The van der Waals surface area contributed by atoms with Crippen LogP contribution in [0.25, 0.3) is 11.4 Å². The van der Waals surface area contributed by atoms with Crippen molar-refractivity contribution < 1.29 is 9.90 Å². The van der Waals surface area contributed by atoms with E-state index in [9.17, 15) is 9.90 Å². The molecule has 0 bridgehead atoms. The van der Waals surface area contributed by atoms with Crippen LogP contribution in [0, 0.1) is 5.92 Å². The Bertz CT molecular complexity index is 642. The van der Waals surface area contributed by atoms with Crippen LogP contribution in [-0.2, 0) is 0 Å². The van der Waals surface area contributed by atoms with E-state index in [4.69, 9.17) is 0 Å². The van der Waals surface area contributed by atoms with Crippen molar-refractivity contribution in [2.75, 3.05) is 6.61 Å². The fourth-order valence-corrected chi connectivity index (χ4v) is 3.20. The number of H-pyrrole nitrogens is 1. The van der Waals surface area contributed by atoms with E-state index in [2.05, 4.69) is 20.5 Å². The van der Waals surface area contributed by atoms with Crippen LogP contribution in [0.5, 0.6) is 0 Å². The first-order chi connectivity index (χ1) is 11.3. The summed E-state index contributed by atoms with van der Waals surface area (Å²) >= 11 is 0. The number of aromatic amines is 1. The van der Waals surface area contributed by atoms with E-state index >= 15 is 0 Å². The van der Waals surface area contributed by atoms with Crippen LogP contribution in [0.4, 0.5) is 0 Å². The molecule has 0 radical (unpaired) electrons. The van der Waals surface area contributed by atoms with E-state index in [0.29, 0.717) is 11.4 Å². The molecular weight excluding hydrogens is 292 g/mol. The zero-order valence-corrected chi connectivity index (χ0v) is 13.0. The van der Waals surface area contributed by atoms with Crippen LogP contribution >= 0.6 is 0 Å². The van der Waals surface area contributed by atoms with Gasteiger partial charge in [0.05, 0.1) is 0 Å². The summed E-state index contributed by atoms with van der Waals surface area (Å²) in [6, 6.07) is 7.37. The molecule has 0 spiro atoms. The van der Waals surface area contributed by atoms with Gasteiger partial charge in [-0.3, -0.25) is 9.89 Å². The average molecular weight is 314 g/mol. The van der Waals surface area contributed by atoms with Crippen LogP contribution in [0.1, 0.15) is 42.5 Å². The molecule has 122 valence electrons. The highest BCUT2D eigenvalue weighted by atomic mass is 16.3. The Kier molecular flexibility index (Phi) is 5.02. The Morgan fingerprint density at radius 1 is 1.30 bits per heavy atom. The molecule has 0 saturated heterocycles. The van der Waals surface area contributed by atoms with Crippen molar-refractivity contribution in [1.82, 2.24) is 20.5 Å². The molecule has 0 aliphatic heterocycles. The monoisotopic (exact) mass is 314 g/mol. The number of nitrogens with zero attached hydrogens (tertiary/aromatic N) is 2. The minimum atomic E-state index is -0.100. The van der Waals surface area contributed by atoms with Crippen LogP contribution in [0.2, 0.25) is 0 Å². The van der Waals surface area contributed by atoms with Gasteiger partial charge in [-0.1, -0.05) is 31.4 Å². The number of aliphatic hydroxyl groups excluding tert-OH is 1. The first kappa shape index (κ1) is 15.7. The summed E-state index contributed by atoms with van der Waals surface area (Å²) in [6.07, 6.45) is 6.74. The van der Waals surface area contributed by atoms with Gasteiger partial charge in [0.15, 0.2) is 5.82 Å². The summed E-state index contributed by atoms with van der Waals surface area (Å²) in [5.41, 5.74) is 1.43. The fourth-order valence-electron chi connectivity index (χ4n) is 3.20. The third kappa shape index (κ3) is 3.76. The van der Waals surface area contributed by atoms with Crippen molar-refractivity contribution >= 4 is 5.91 Å². The molecule has 3 rings (SSSR count). The van der Waals surface area contributed by atoms with E-state index < -0.39 is 0 Å². The Morgan fingerprint density at radius 2 is 2.17 bits per heavy atom. The maximum absolute atomic E-state index is 12.6. The minimum absolute atomic E-state index is 0.0453. The summed E-state index contributed by atoms with van der Waals surface area (Å²) < 4.78 is 0.